The molecule has 0 spiro atoms. The summed E-state index contributed by atoms with van der Waals surface area (Å²) < 4.78 is 12.8. The number of carbonyl (C=O) groups is 1. The fraction of sp³-hybridized carbons (Fsp3) is 0.444. The zero-order chi connectivity index (χ0) is 22.8. The first kappa shape index (κ1) is 23.5. The largest absolute Gasteiger partial charge is 0.465 e. The number of cyclic esters (lactones) is 1. The van der Waals surface area contributed by atoms with E-state index >= 15 is 0 Å². The second kappa shape index (κ2) is 8.76. The highest BCUT2D eigenvalue weighted by Gasteiger charge is 2.59. The third-order valence-electron chi connectivity index (χ3n) is 7.18. The van der Waals surface area contributed by atoms with Crippen LogP contribution in [0.3, 0.4) is 0 Å². The highest BCUT2D eigenvalue weighted by molar-refractivity contribution is 6.99. The van der Waals surface area contributed by atoms with Crippen molar-refractivity contribution in [2.45, 2.75) is 52.5 Å². The van der Waals surface area contributed by atoms with Gasteiger partial charge in [-0.25, -0.2) is 0 Å². The summed E-state index contributed by atoms with van der Waals surface area (Å²) in [4.78, 5) is 12.8. The van der Waals surface area contributed by atoms with Crippen molar-refractivity contribution in [3.05, 3.63) is 73.3 Å². The first-order valence-electron chi connectivity index (χ1n) is 11.1. The fourth-order valence-corrected chi connectivity index (χ4v) is 9.50. The normalized spacial score (nSPS) is 24.1. The van der Waals surface area contributed by atoms with Gasteiger partial charge in [0.15, 0.2) is 0 Å². The first-order chi connectivity index (χ1) is 14.6. The van der Waals surface area contributed by atoms with Gasteiger partial charge in [0, 0.05) is 12.0 Å². The number of rotatable bonds is 8. The third-order valence-corrected chi connectivity index (χ3v) is 12.2. The summed E-state index contributed by atoms with van der Waals surface area (Å²) in [6.07, 6.45) is 3.37. The van der Waals surface area contributed by atoms with E-state index in [1.807, 2.05) is 25.1 Å². The topological polar surface area (TPSA) is 35.5 Å². The van der Waals surface area contributed by atoms with Gasteiger partial charge in [0.25, 0.3) is 8.32 Å². The Morgan fingerprint density at radius 1 is 1.03 bits per heavy atom. The van der Waals surface area contributed by atoms with Crippen molar-refractivity contribution < 1.29 is 14.0 Å². The van der Waals surface area contributed by atoms with E-state index in [1.54, 1.807) is 0 Å². The van der Waals surface area contributed by atoms with Crippen molar-refractivity contribution in [3.8, 4) is 0 Å². The maximum atomic E-state index is 12.8. The second-order valence-corrected chi connectivity index (χ2v) is 14.6. The molecule has 1 saturated heterocycles. The molecule has 2 aromatic rings. The van der Waals surface area contributed by atoms with E-state index in [-0.39, 0.29) is 11.0 Å². The molecule has 31 heavy (non-hydrogen) atoms. The summed E-state index contributed by atoms with van der Waals surface area (Å²) in [5.74, 6) is -0.122. The molecule has 1 aliphatic rings. The number of carbonyl (C=O) groups excluding carboxylic acids is 1. The lowest BCUT2D eigenvalue weighted by Gasteiger charge is -2.46. The molecular formula is C27H36O3Si. The van der Waals surface area contributed by atoms with Gasteiger partial charge in [-0.05, 0) is 35.2 Å². The molecule has 2 atom stereocenters. The summed E-state index contributed by atoms with van der Waals surface area (Å²) in [5, 5.41) is 2.39. The van der Waals surface area contributed by atoms with Gasteiger partial charge >= 0.3 is 5.97 Å². The number of benzene rings is 2. The van der Waals surface area contributed by atoms with E-state index in [0.717, 1.165) is 12.8 Å². The summed E-state index contributed by atoms with van der Waals surface area (Å²) in [6.45, 7) is 15.7. The van der Waals surface area contributed by atoms with Crippen LogP contribution in [0.5, 0.6) is 0 Å². The number of hydrogen-bond donors (Lipinski definition) is 0. The molecule has 4 heteroatoms. The van der Waals surface area contributed by atoms with Crippen LogP contribution in [0.25, 0.3) is 0 Å². The quantitative estimate of drug-likeness (QED) is 0.328. The van der Waals surface area contributed by atoms with Gasteiger partial charge in [-0.3, -0.25) is 4.79 Å². The number of ether oxygens (including phenoxy) is 1. The van der Waals surface area contributed by atoms with Crippen molar-refractivity contribution in [3.63, 3.8) is 0 Å². The lowest BCUT2D eigenvalue weighted by molar-refractivity contribution is -0.146. The van der Waals surface area contributed by atoms with Crippen molar-refractivity contribution in [1.29, 1.82) is 0 Å². The Bertz CT molecular complexity index is 864. The van der Waals surface area contributed by atoms with Crippen LogP contribution in [0.1, 0.15) is 47.5 Å². The highest BCUT2D eigenvalue weighted by Crippen LogP contribution is 2.50. The van der Waals surface area contributed by atoms with Crippen LogP contribution in [-0.2, 0) is 14.0 Å². The Labute approximate surface area is 188 Å². The van der Waals surface area contributed by atoms with Crippen LogP contribution >= 0.6 is 0 Å². The van der Waals surface area contributed by atoms with Gasteiger partial charge in [-0.15, -0.1) is 6.58 Å². The smallest absolute Gasteiger partial charge is 0.312 e. The molecule has 1 heterocycles. The average molecular weight is 437 g/mol. The summed E-state index contributed by atoms with van der Waals surface area (Å²) in [6, 6.07) is 21.2. The van der Waals surface area contributed by atoms with E-state index in [1.165, 1.54) is 10.4 Å². The van der Waals surface area contributed by atoms with E-state index < -0.39 is 19.1 Å². The predicted octanol–water partition coefficient (Wildman–Crippen LogP) is 5.10. The molecule has 0 amide bonds. The van der Waals surface area contributed by atoms with E-state index in [9.17, 15) is 4.79 Å². The summed E-state index contributed by atoms with van der Waals surface area (Å²) >= 11 is 0. The van der Waals surface area contributed by atoms with Crippen LogP contribution in [0, 0.1) is 10.8 Å². The van der Waals surface area contributed by atoms with Gasteiger partial charge in [0.1, 0.15) is 0 Å². The maximum absolute atomic E-state index is 12.8. The molecule has 166 valence electrons. The van der Waals surface area contributed by atoms with Gasteiger partial charge in [0.05, 0.1) is 12.0 Å². The van der Waals surface area contributed by atoms with E-state index in [2.05, 4.69) is 82.8 Å². The number of allylic oxidation sites excluding steroid dienone is 1. The molecule has 1 aliphatic heterocycles. The third kappa shape index (κ3) is 4.03. The molecule has 0 radical (unpaired) electrons. The zero-order valence-corrected chi connectivity index (χ0v) is 20.6. The van der Waals surface area contributed by atoms with Crippen molar-refractivity contribution in [2.24, 2.45) is 10.8 Å². The molecule has 1 fully saturated rings. The van der Waals surface area contributed by atoms with Crippen molar-refractivity contribution in [2.75, 3.05) is 13.2 Å². The second-order valence-electron chi connectivity index (χ2n) is 10.2. The predicted molar refractivity (Wildman–Crippen MR) is 130 cm³/mol. The minimum atomic E-state index is -2.67. The van der Waals surface area contributed by atoms with Gasteiger partial charge < -0.3 is 9.16 Å². The van der Waals surface area contributed by atoms with Crippen LogP contribution in [-0.4, -0.2) is 27.5 Å². The molecule has 0 bridgehead atoms. The molecule has 0 unspecified atom stereocenters. The SMILES string of the molecule is C=CCC[C@@]1(C)C(=O)OC[C@]1(C)CO[Si](c1ccccc1)(c1ccccc1)C(C)(C)C. The standard InChI is InChI=1S/C27H36O3Si/c1-7-8-19-27(6)24(28)29-20-26(27,5)21-30-31(25(2,3)4,22-15-11-9-12-16-22)23-17-13-10-14-18-23/h7,9-18H,1,8,19-21H2,2-6H3/t26-,27+/m1/s1. The monoisotopic (exact) mass is 436 g/mol. The zero-order valence-electron chi connectivity index (χ0n) is 19.6. The Kier molecular flexibility index (Phi) is 6.63. The lowest BCUT2D eigenvalue weighted by atomic mass is 9.65. The van der Waals surface area contributed by atoms with Crippen molar-refractivity contribution in [1.82, 2.24) is 0 Å². The Hall–Kier alpha value is -2.17. The van der Waals surface area contributed by atoms with Gasteiger partial charge in [-0.1, -0.05) is 94.4 Å². The molecule has 0 aliphatic carbocycles. The van der Waals surface area contributed by atoms with Crippen LogP contribution < -0.4 is 10.4 Å². The molecule has 3 rings (SSSR count). The number of hydrogen-bond acceptors (Lipinski definition) is 3. The van der Waals surface area contributed by atoms with E-state index in [0.29, 0.717) is 13.2 Å². The average Bonchev–Trinajstić information content (AvgIpc) is 2.98. The van der Waals surface area contributed by atoms with Crippen LogP contribution in [0.15, 0.2) is 73.3 Å². The molecule has 0 N–H and O–H groups in total. The molecule has 3 nitrogen and oxygen atoms in total. The minimum Gasteiger partial charge on any atom is -0.465 e. The lowest BCUT2D eigenvalue weighted by Crippen LogP contribution is -2.67. The first-order valence-corrected chi connectivity index (χ1v) is 13.0. The molecule has 2 aromatic carbocycles. The molecular weight excluding hydrogens is 400 g/mol. The molecule has 0 aromatic heterocycles. The Balaban J connectivity index is 2.08. The van der Waals surface area contributed by atoms with Crippen molar-refractivity contribution >= 4 is 24.7 Å². The van der Waals surface area contributed by atoms with Crippen LogP contribution in [0.4, 0.5) is 0 Å². The molecule has 0 saturated carbocycles. The maximum Gasteiger partial charge on any atom is 0.312 e. The highest BCUT2D eigenvalue weighted by atomic mass is 28.4. The Morgan fingerprint density at radius 3 is 2.00 bits per heavy atom. The van der Waals surface area contributed by atoms with E-state index in [4.69, 9.17) is 9.16 Å². The number of esters is 1. The summed E-state index contributed by atoms with van der Waals surface area (Å²) in [7, 11) is -2.67. The minimum absolute atomic E-state index is 0.104. The Morgan fingerprint density at radius 2 is 1.55 bits per heavy atom. The van der Waals surface area contributed by atoms with Gasteiger partial charge in [0.2, 0.25) is 0 Å². The van der Waals surface area contributed by atoms with Crippen LogP contribution in [0.2, 0.25) is 5.04 Å². The van der Waals surface area contributed by atoms with Gasteiger partial charge in [-0.2, -0.15) is 0 Å². The summed E-state index contributed by atoms with van der Waals surface area (Å²) in [5.41, 5.74) is -0.993. The fourth-order valence-electron chi connectivity index (χ4n) is 4.81.